The molecule has 94 valence electrons. The van der Waals surface area contributed by atoms with Gasteiger partial charge in [-0.3, -0.25) is 0 Å². The van der Waals surface area contributed by atoms with Crippen LogP contribution in [0.2, 0.25) is 0 Å². The molecule has 0 spiro atoms. The predicted molar refractivity (Wildman–Crippen MR) is 73.1 cm³/mol. The number of rotatable bonds is 4. The highest BCUT2D eigenvalue weighted by atomic mass is 15.1. The van der Waals surface area contributed by atoms with Crippen molar-refractivity contribution >= 4 is 0 Å². The standard InChI is InChI=1S/C15H24N2/c1-2-13(11-16)12-17-9-7-14-5-3-4-6-15(14)8-10-17/h3-6,13H,2,7-12,16H2,1H3. The van der Waals surface area contributed by atoms with E-state index in [0.29, 0.717) is 5.92 Å². The summed E-state index contributed by atoms with van der Waals surface area (Å²) in [5.41, 5.74) is 8.87. The lowest BCUT2D eigenvalue weighted by Gasteiger charge is -2.24. The minimum Gasteiger partial charge on any atom is -0.330 e. The van der Waals surface area contributed by atoms with E-state index in [1.165, 1.54) is 50.0 Å². The van der Waals surface area contributed by atoms with E-state index in [-0.39, 0.29) is 0 Å². The first kappa shape index (κ1) is 12.6. The van der Waals surface area contributed by atoms with Crippen molar-refractivity contribution in [3.05, 3.63) is 35.4 Å². The summed E-state index contributed by atoms with van der Waals surface area (Å²) in [6.45, 7) is 6.60. The Bertz CT molecular complexity index is 318. The van der Waals surface area contributed by atoms with E-state index in [2.05, 4.69) is 36.1 Å². The maximum absolute atomic E-state index is 5.80. The summed E-state index contributed by atoms with van der Waals surface area (Å²) in [5, 5.41) is 0. The molecule has 0 radical (unpaired) electrons. The molecule has 1 aromatic rings. The molecule has 17 heavy (non-hydrogen) atoms. The van der Waals surface area contributed by atoms with Crippen LogP contribution in [0.4, 0.5) is 0 Å². The molecule has 2 heteroatoms. The van der Waals surface area contributed by atoms with Crippen LogP contribution in [0.3, 0.4) is 0 Å². The molecule has 0 aromatic heterocycles. The molecule has 0 amide bonds. The fraction of sp³-hybridized carbons (Fsp3) is 0.600. The molecule has 1 aliphatic rings. The first-order chi connectivity index (χ1) is 8.33. The van der Waals surface area contributed by atoms with Crippen LogP contribution in [0.15, 0.2) is 24.3 Å². The number of fused-ring (bicyclic) bond motifs is 1. The molecule has 2 N–H and O–H groups in total. The fourth-order valence-corrected chi connectivity index (χ4v) is 2.63. The molecule has 0 fully saturated rings. The van der Waals surface area contributed by atoms with Crippen molar-refractivity contribution < 1.29 is 0 Å². The molecule has 1 aromatic carbocycles. The van der Waals surface area contributed by atoms with Crippen LogP contribution < -0.4 is 5.73 Å². The second-order valence-electron chi connectivity index (χ2n) is 5.08. The highest BCUT2D eigenvalue weighted by Crippen LogP contribution is 2.16. The summed E-state index contributed by atoms with van der Waals surface area (Å²) in [6.07, 6.45) is 3.58. The summed E-state index contributed by atoms with van der Waals surface area (Å²) < 4.78 is 0. The molecule has 2 rings (SSSR count). The Hall–Kier alpha value is -0.860. The van der Waals surface area contributed by atoms with Crippen LogP contribution >= 0.6 is 0 Å². The number of hydrogen-bond acceptors (Lipinski definition) is 2. The van der Waals surface area contributed by atoms with Crippen LogP contribution in [0.1, 0.15) is 24.5 Å². The first-order valence-electron chi connectivity index (χ1n) is 6.82. The second kappa shape index (κ2) is 6.18. The summed E-state index contributed by atoms with van der Waals surface area (Å²) in [5.74, 6) is 0.663. The van der Waals surface area contributed by atoms with E-state index in [1.54, 1.807) is 0 Å². The van der Waals surface area contributed by atoms with Crippen molar-refractivity contribution in [3.63, 3.8) is 0 Å². The lowest BCUT2D eigenvalue weighted by molar-refractivity contribution is 0.239. The SMILES string of the molecule is CCC(CN)CN1CCc2ccccc2CC1. The van der Waals surface area contributed by atoms with Crippen molar-refractivity contribution in [2.75, 3.05) is 26.2 Å². The third-order valence-electron chi connectivity index (χ3n) is 3.94. The minimum absolute atomic E-state index is 0.663. The second-order valence-corrected chi connectivity index (χ2v) is 5.08. The fourth-order valence-electron chi connectivity index (χ4n) is 2.63. The zero-order valence-corrected chi connectivity index (χ0v) is 10.9. The van der Waals surface area contributed by atoms with E-state index in [9.17, 15) is 0 Å². The van der Waals surface area contributed by atoms with E-state index in [4.69, 9.17) is 5.73 Å². The Morgan fingerprint density at radius 1 is 1.18 bits per heavy atom. The Kier molecular flexibility index (Phi) is 4.57. The summed E-state index contributed by atoms with van der Waals surface area (Å²) in [6, 6.07) is 8.87. The van der Waals surface area contributed by atoms with Gasteiger partial charge in [0, 0.05) is 19.6 Å². The third kappa shape index (κ3) is 3.30. The van der Waals surface area contributed by atoms with Gasteiger partial charge in [0.05, 0.1) is 0 Å². The van der Waals surface area contributed by atoms with Gasteiger partial charge >= 0.3 is 0 Å². The van der Waals surface area contributed by atoms with Gasteiger partial charge in [0.1, 0.15) is 0 Å². The van der Waals surface area contributed by atoms with Gasteiger partial charge in [-0.05, 0) is 36.4 Å². The molecule has 0 saturated carbocycles. The van der Waals surface area contributed by atoms with Gasteiger partial charge in [-0.2, -0.15) is 0 Å². The molecule has 2 nitrogen and oxygen atoms in total. The van der Waals surface area contributed by atoms with Crippen LogP contribution in [-0.2, 0) is 12.8 Å². The van der Waals surface area contributed by atoms with Gasteiger partial charge in [-0.1, -0.05) is 37.6 Å². The average Bonchev–Trinajstić information content (AvgIpc) is 2.58. The van der Waals surface area contributed by atoms with E-state index < -0.39 is 0 Å². The molecule has 1 unspecified atom stereocenters. The third-order valence-corrected chi connectivity index (χ3v) is 3.94. The van der Waals surface area contributed by atoms with Crippen molar-refractivity contribution in [1.29, 1.82) is 0 Å². The van der Waals surface area contributed by atoms with Gasteiger partial charge in [0.25, 0.3) is 0 Å². The van der Waals surface area contributed by atoms with Crippen LogP contribution in [0.5, 0.6) is 0 Å². The monoisotopic (exact) mass is 232 g/mol. The highest BCUT2D eigenvalue weighted by Gasteiger charge is 2.15. The van der Waals surface area contributed by atoms with E-state index in [1.807, 2.05) is 0 Å². The normalized spacial score (nSPS) is 18.5. The molecule has 1 heterocycles. The maximum atomic E-state index is 5.80. The van der Waals surface area contributed by atoms with Crippen molar-refractivity contribution in [1.82, 2.24) is 4.90 Å². The van der Waals surface area contributed by atoms with Gasteiger partial charge in [-0.25, -0.2) is 0 Å². The van der Waals surface area contributed by atoms with E-state index >= 15 is 0 Å². The lowest BCUT2D eigenvalue weighted by Crippen LogP contribution is -2.34. The summed E-state index contributed by atoms with van der Waals surface area (Å²) in [7, 11) is 0. The summed E-state index contributed by atoms with van der Waals surface area (Å²) in [4.78, 5) is 2.58. The number of nitrogens with zero attached hydrogens (tertiary/aromatic N) is 1. The Balaban J connectivity index is 1.95. The molecule has 0 aliphatic carbocycles. The number of nitrogens with two attached hydrogens (primary N) is 1. The zero-order chi connectivity index (χ0) is 12.1. The first-order valence-corrected chi connectivity index (χ1v) is 6.82. The summed E-state index contributed by atoms with van der Waals surface area (Å²) >= 11 is 0. The molecular weight excluding hydrogens is 208 g/mol. The van der Waals surface area contributed by atoms with Gasteiger partial charge in [0.15, 0.2) is 0 Å². The molecular formula is C15H24N2. The molecule has 0 saturated heterocycles. The topological polar surface area (TPSA) is 29.3 Å². The zero-order valence-electron chi connectivity index (χ0n) is 10.9. The largest absolute Gasteiger partial charge is 0.330 e. The quantitative estimate of drug-likeness (QED) is 0.861. The smallest absolute Gasteiger partial charge is 0.00222 e. The lowest BCUT2D eigenvalue weighted by atomic mass is 10.0. The van der Waals surface area contributed by atoms with Crippen LogP contribution in [0.25, 0.3) is 0 Å². The Morgan fingerprint density at radius 3 is 2.24 bits per heavy atom. The van der Waals surface area contributed by atoms with Crippen LogP contribution in [-0.4, -0.2) is 31.1 Å². The molecule has 1 atom stereocenters. The molecule has 1 aliphatic heterocycles. The van der Waals surface area contributed by atoms with E-state index in [0.717, 1.165) is 6.54 Å². The minimum atomic E-state index is 0.663. The maximum Gasteiger partial charge on any atom is 0.00222 e. The average molecular weight is 232 g/mol. The van der Waals surface area contributed by atoms with Gasteiger partial charge in [0.2, 0.25) is 0 Å². The van der Waals surface area contributed by atoms with Gasteiger partial charge < -0.3 is 10.6 Å². The molecule has 0 bridgehead atoms. The predicted octanol–water partition coefficient (Wildman–Crippen LogP) is 2.07. The Morgan fingerprint density at radius 2 is 1.76 bits per heavy atom. The highest BCUT2D eigenvalue weighted by molar-refractivity contribution is 5.28. The van der Waals surface area contributed by atoms with Crippen molar-refractivity contribution in [3.8, 4) is 0 Å². The van der Waals surface area contributed by atoms with Crippen molar-refractivity contribution in [2.45, 2.75) is 26.2 Å². The van der Waals surface area contributed by atoms with Crippen LogP contribution in [0, 0.1) is 5.92 Å². The Labute approximate surface area is 105 Å². The van der Waals surface area contributed by atoms with Gasteiger partial charge in [-0.15, -0.1) is 0 Å². The van der Waals surface area contributed by atoms with Crippen molar-refractivity contribution in [2.24, 2.45) is 11.7 Å². The number of hydrogen-bond donors (Lipinski definition) is 1. The number of benzene rings is 1.